The Morgan fingerprint density at radius 2 is 0.908 bits per heavy atom. The van der Waals surface area contributed by atoms with Gasteiger partial charge in [0.1, 0.15) is 24.9 Å². The van der Waals surface area contributed by atoms with Crippen LogP contribution >= 0.6 is 0 Å². The summed E-state index contributed by atoms with van der Waals surface area (Å²) in [5.41, 5.74) is 0. The van der Waals surface area contributed by atoms with Crippen LogP contribution in [0.3, 0.4) is 0 Å². The lowest BCUT2D eigenvalue weighted by Gasteiger charge is -2.38. The van der Waals surface area contributed by atoms with Crippen LogP contribution in [0.4, 0.5) is 0 Å². The number of rotatable bonds is 43. The van der Waals surface area contributed by atoms with Crippen molar-refractivity contribution in [3.05, 3.63) is 60.8 Å². The maximum atomic E-state index is 12.8. The molecule has 4 N–H and O–H groups in total. The Kier molecular flexibility index (Phi) is 40.1. The van der Waals surface area contributed by atoms with Gasteiger partial charge in [0, 0.05) is 12.8 Å². The molecule has 6 unspecified atom stereocenters. The van der Waals surface area contributed by atoms with Crippen molar-refractivity contribution in [1.29, 1.82) is 0 Å². The Morgan fingerprint density at radius 3 is 1.38 bits per heavy atom. The van der Waals surface area contributed by atoms with Crippen molar-refractivity contribution in [3.8, 4) is 0 Å². The van der Waals surface area contributed by atoms with Gasteiger partial charge < -0.3 is 39.4 Å². The lowest BCUT2D eigenvalue weighted by atomic mass is 9.99. The van der Waals surface area contributed by atoms with Crippen LogP contribution in [-0.2, 0) is 33.3 Å². The number of carboxylic acids is 1. The number of hydrogen-bond acceptors (Lipinski definition) is 10. The van der Waals surface area contributed by atoms with Crippen LogP contribution in [-0.4, -0.2) is 88.4 Å². The van der Waals surface area contributed by atoms with Gasteiger partial charge in [0.05, 0.1) is 6.61 Å². The fraction of sp³-hybridized carbons (Fsp3) is 0.759. The maximum Gasteiger partial charge on any atom is 0.335 e. The number of carbonyl (C=O) groups excluding carboxylic acids is 2. The largest absolute Gasteiger partial charge is 0.479 e. The van der Waals surface area contributed by atoms with Gasteiger partial charge >= 0.3 is 17.9 Å². The van der Waals surface area contributed by atoms with Gasteiger partial charge in [-0.15, -0.1) is 0 Å². The monoisotopic (exact) mass is 917 g/mol. The molecule has 1 aliphatic heterocycles. The summed E-state index contributed by atoms with van der Waals surface area (Å²) in [5.74, 6) is -2.46. The summed E-state index contributed by atoms with van der Waals surface area (Å²) in [6.45, 7) is 3.71. The van der Waals surface area contributed by atoms with Gasteiger partial charge in [-0.25, -0.2) is 4.79 Å². The van der Waals surface area contributed by atoms with E-state index in [1.54, 1.807) is 0 Å². The van der Waals surface area contributed by atoms with Crippen molar-refractivity contribution in [2.45, 2.75) is 250 Å². The minimum atomic E-state index is -1.87. The lowest BCUT2D eigenvalue weighted by molar-refractivity contribution is -0.298. The molecule has 0 aliphatic carbocycles. The normalized spacial score (nSPS) is 19.7. The minimum Gasteiger partial charge on any atom is -0.479 e. The molecule has 1 heterocycles. The fourth-order valence-electron chi connectivity index (χ4n) is 7.57. The SMILES string of the molecule is CC/C=C\C/C=C\C/C=C\C/C=C\CCCCCCCCCCC(=O)OCC(COC1OC(C(=O)O)C(O)C(O)C1O)OC(=O)CCCCCCCCC/C=C\CCCCCCCCC. The zero-order valence-corrected chi connectivity index (χ0v) is 40.7. The van der Waals surface area contributed by atoms with Crippen molar-refractivity contribution in [3.63, 3.8) is 0 Å². The van der Waals surface area contributed by atoms with E-state index < -0.39 is 61.3 Å². The Bertz CT molecular complexity index is 1310. The summed E-state index contributed by atoms with van der Waals surface area (Å²) in [6, 6.07) is 0. The van der Waals surface area contributed by atoms with Gasteiger partial charge in [-0.05, 0) is 77.0 Å². The summed E-state index contributed by atoms with van der Waals surface area (Å²) in [5, 5.41) is 40.0. The second kappa shape index (κ2) is 43.5. The summed E-state index contributed by atoms with van der Waals surface area (Å²) < 4.78 is 21.8. The number of aliphatic carboxylic acids is 1. The quantitative estimate of drug-likeness (QED) is 0.0261. The molecule has 0 aromatic heterocycles. The molecule has 374 valence electrons. The van der Waals surface area contributed by atoms with Crippen molar-refractivity contribution < 1.29 is 53.8 Å². The first-order valence-corrected chi connectivity index (χ1v) is 25.8. The fourth-order valence-corrected chi connectivity index (χ4v) is 7.57. The lowest BCUT2D eigenvalue weighted by Crippen LogP contribution is -2.60. The van der Waals surface area contributed by atoms with Crippen molar-refractivity contribution in [1.82, 2.24) is 0 Å². The second-order valence-electron chi connectivity index (χ2n) is 17.6. The van der Waals surface area contributed by atoms with Crippen LogP contribution in [0, 0.1) is 0 Å². The molecule has 1 aliphatic rings. The van der Waals surface area contributed by atoms with E-state index in [0.29, 0.717) is 12.8 Å². The number of aliphatic hydroxyl groups is 3. The predicted molar refractivity (Wildman–Crippen MR) is 261 cm³/mol. The number of unbranched alkanes of at least 4 members (excludes halogenated alkanes) is 22. The van der Waals surface area contributed by atoms with Crippen LogP contribution in [0.15, 0.2) is 60.8 Å². The van der Waals surface area contributed by atoms with Crippen molar-refractivity contribution >= 4 is 17.9 Å². The van der Waals surface area contributed by atoms with E-state index in [9.17, 15) is 34.8 Å². The Labute approximate surface area is 394 Å². The third-order valence-corrected chi connectivity index (χ3v) is 11.6. The third-order valence-electron chi connectivity index (χ3n) is 11.6. The highest BCUT2D eigenvalue weighted by Gasteiger charge is 2.47. The van der Waals surface area contributed by atoms with Gasteiger partial charge in [-0.2, -0.15) is 0 Å². The predicted octanol–water partition coefficient (Wildman–Crippen LogP) is 12.3. The van der Waals surface area contributed by atoms with Crippen molar-refractivity contribution in [2.75, 3.05) is 13.2 Å². The van der Waals surface area contributed by atoms with E-state index in [2.05, 4.69) is 74.6 Å². The smallest absolute Gasteiger partial charge is 0.335 e. The molecule has 0 spiro atoms. The maximum absolute atomic E-state index is 12.8. The first-order chi connectivity index (χ1) is 31.7. The van der Waals surface area contributed by atoms with Crippen molar-refractivity contribution in [2.24, 2.45) is 0 Å². The summed E-state index contributed by atoms with van der Waals surface area (Å²) in [7, 11) is 0. The highest BCUT2D eigenvalue weighted by molar-refractivity contribution is 5.73. The van der Waals surface area contributed by atoms with E-state index in [1.807, 2.05) is 0 Å². The molecular weight excluding hydrogens is 825 g/mol. The molecular formula is C54H92O11. The van der Waals surface area contributed by atoms with E-state index >= 15 is 0 Å². The summed E-state index contributed by atoms with van der Waals surface area (Å²) in [4.78, 5) is 37.0. The average Bonchev–Trinajstić information content (AvgIpc) is 3.29. The highest BCUT2D eigenvalue weighted by atomic mass is 16.7. The Morgan fingerprint density at radius 1 is 0.492 bits per heavy atom. The van der Waals surface area contributed by atoms with Gasteiger partial charge in [-0.1, -0.05) is 184 Å². The van der Waals surface area contributed by atoms with Gasteiger partial charge in [0.25, 0.3) is 0 Å². The molecule has 65 heavy (non-hydrogen) atoms. The number of ether oxygens (including phenoxy) is 4. The van der Waals surface area contributed by atoms with Crippen LogP contribution in [0.1, 0.15) is 213 Å². The first kappa shape index (κ1) is 59.9. The van der Waals surface area contributed by atoms with Gasteiger partial charge in [0.2, 0.25) is 0 Å². The van der Waals surface area contributed by atoms with Crippen LogP contribution < -0.4 is 0 Å². The molecule has 0 aromatic rings. The number of carbonyl (C=O) groups is 3. The van der Waals surface area contributed by atoms with Crippen LogP contribution in [0.2, 0.25) is 0 Å². The van der Waals surface area contributed by atoms with Crippen LogP contribution in [0.25, 0.3) is 0 Å². The number of hydrogen-bond donors (Lipinski definition) is 4. The number of allylic oxidation sites excluding steroid dienone is 10. The molecule has 0 aromatic carbocycles. The molecule has 11 heteroatoms. The average molecular weight is 917 g/mol. The Hall–Kier alpha value is -3.09. The van der Waals surface area contributed by atoms with E-state index in [0.717, 1.165) is 77.0 Å². The van der Waals surface area contributed by atoms with Gasteiger partial charge in [-0.3, -0.25) is 9.59 Å². The van der Waals surface area contributed by atoms with Crippen LogP contribution in [0.5, 0.6) is 0 Å². The zero-order valence-electron chi connectivity index (χ0n) is 40.7. The molecule has 0 radical (unpaired) electrons. The first-order valence-electron chi connectivity index (χ1n) is 25.8. The number of esters is 2. The number of carboxylic acid groups (broad SMARTS) is 1. The summed E-state index contributed by atoms with van der Waals surface area (Å²) in [6.07, 6.45) is 45.5. The second-order valence-corrected chi connectivity index (χ2v) is 17.6. The molecule has 1 rings (SSSR count). The topological polar surface area (TPSA) is 169 Å². The van der Waals surface area contributed by atoms with E-state index in [1.165, 1.54) is 96.3 Å². The molecule has 0 saturated carbocycles. The molecule has 1 fully saturated rings. The molecule has 6 atom stereocenters. The Balaban J connectivity index is 2.31. The van der Waals surface area contributed by atoms with E-state index in [-0.39, 0.29) is 19.4 Å². The molecule has 1 saturated heterocycles. The molecule has 0 bridgehead atoms. The highest BCUT2D eigenvalue weighted by Crippen LogP contribution is 2.23. The van der Waals surface area contributed by atoms with Gasteiger partial charge in [0.15, 0.2) is 18.5 Å². The standard InChI is InChI=1S/C54H92O11/c1-3-5-7-9-11-13-15-17-19-21-23-24-25-27-28-30-32-34-36-38-40-42-47(55)62-44-46(45-63-54-51(59)49(57)50(58)52(65-54)53(60)61)64-48(56)43-41-39-37-35-33-31-29-26-22-20-18-16-14-12-10-8-6-4-2/h5,7,11,13,17,19-20,22-24,46,49-52,54,57-59H,3-4,6,8-10,12,14-16,18,21,25-45H2,1-2H3,(H,60,61)/b7-5-,13-11-,19-17-,22-20-,24-23-. The number of aliphatic hydroxyl groups excluding tert-OH is 3. The third kappa shape index (κ3) is 34.8. The minimum absolute atomic E-state index is 0.174. The van der Waals surface area contributed by atoms with E-state index in [4.69, 9.17) is 18.9 Å². The molecule has 0 amide bonds. The zero-order chi connectivity index (χ0) is 47.4. The summed E-state index contributed by atoms with van der Waals surface area (Å²) >= 11 is 0. The molecule has 11 nitrogen and oxygen atoms in total.